The van der Waals surface area contributed by atoms with Gasteiger partial charge in [0.25, 0.3) is 0 Å². The van der Waals surface area contributed by atoms with Gasteiger partial charge in [0.15, 0.2) is 17.5 Å². The summed E-state index contributed by atoms with van der Waals surface area (Å²) in [5, 5.41) is 0. The Morgan fingerprint density at radius 1 is 1.15 bits per heavy atom. The first-order chi connectivity index (χ1) is 9.37. The van der Waals surface area contributed by atoms with Crippen molar-refractivity contribution >= 4 is 10.0 Å². The van der Waals surface area contributed by atoms with Gasteiger partial charge in [0.1, 0.15) is 4.90 Å². The Kier molecular flexibility index (Phi) is 4.36. The molecule has 1 aromatic rings. The number of nitrogens with two attached hydrogens (primary N) is 1. The normalized spacial score (nSPS) is 18.4. The summed E-state index contributed by atoms with van der Waals surface area (Å²) in [7, 11) is -4.15. The molecule has 0 aromatic heterocycles. The first kappa shape index (κ1) is 15.3. The molecule has 4 nitrogen and oxygen atoms in total. The molecule has 1 aromatic carbocycles. The number of piperidine rings is 1. The lowest BCUT2D eigenvalue weighted by molar-refractivity contribution is 0.277. The summed E-state index contributed by atoms with van der Waals surface area (Å²) in [6.45, 7) is 0.860. The van der Waals surface area contributed by atoms with Gasteiger partial charge in [-0.2, -0.15) is 4.31 Å². The Morgan fingerprint density at radius 2 is 1.75 bits per heavy atom. The van der Waals surface area contributed by atoms with Crippen molar-refractivity contribution < 1.29 is 21.6 Å². The summed E-state index contributed by atoms with van der Waals surface area (Å²) in [5.41, 5.74) is 5.51. The minimum Gasteiger partial charge on any atom is -0.330 e. The van der Waals surface area contributed by atoms with Gasteiger partial charge < -0.3 is 5.73 Å². The molecule has 0 spiro atoms. The summed E-state index contributed by atoms with van der Waals surface area (Å²) in [6.07, 6.45) is 1.14. The van der Waals surface area contributed by atoms with E-state index in [4.69, 9.17) is 5.73 Å². The van der Waals surface area contributed by atoms with Gasteiger partial charge in [0, 0.05) is 13.1 Å². The minimum atomic E-state index is -4.15. The Morgan fingerprint density at radius 3 is 2.30 bits per heavy atom. The number of sulfonamides is 1. The lowest BCUT2D eigenvalue weighted by Gasteiger charge is -2.30. The number of nitrogens with zero attached hydrogens (tertiary/aromatic N) is 1. The maximum atomic E-state index is 13.6. The molecule has 2 rings (SSSR count). The Balaban J connectivity index is 2.30. The molecule has 0 aliphatic carbocycles. The second-order valence-corrected chi connectivity index (χ2v) is 6.66. The molecule has 0 bridgehead atoms. The van der Waals surface area contributed by atoms with Crippen LogP contribution in [0.15, 0.2) is 17.0 Å². The van der Waals surface area contributed by atoms with Crippen LogP contribution in [0.3, 0.4) is 0 Å². The standard InChI is InChI=1S/C12H15F3N2O2S/c13-9-1-2-10(12(15)11(9)14)20(18,19)17-5-3-8(7-16)4-6-17/h1-2,8H,3-7,16H2. The van der Waals surface area contributed by atoms with E-state index >= 15 is 0 Å². The van der Waals surface area contributed by atoms with E-state index < -0.39 is 32.4 Å². The van der Waals surface area contributed by atoms with Crippen LogP contribution in [-0.4, -0.2) is 32.4 Å². The largest absolute Gasteiger partial charge is 0.330 e. The van der Waals surface area contributed by atoms with Crippen molar-refractivity contribution in [2.45, 2.75) is 17.7 Å². The fourth-order valence-corrected chi connectivity index (χ4v) is 3.76. The van der Waals surface area contributed by atoms with Gasteiger partial charge in [-0.15, -0.1) is 0 Å². The summed E-state index contributed by atoms with van der Waals surface area (Å²) in [6, 6.07) is 1.36. The number of hydrogen-bond donors (Lipinski definition) is 1. The lowest BCUT2D eigenvalue weighted by Crippen LogP contribution is -2.40. The molecule has 0 amide bonds. The van der Waals surface area contributed by atoms with Crippen molar-refractivity contribution in [1.29, 1.82) is 0 Å². The van der Waals surface area contributed by atoms with Gasteiger partial charge in [-0.05, 0) is 37.4 Å². The van der Waals surface area contributed by atoms with Crippen LogP contribution in [0.25, 0.3) is 0 Å². The summed E-state index contributed by atoms with van der Waals surface area (Å²) in [5.74, 6) is -4.63. The van der Waals surface area contributed by atoms with Gasteiger partial charge in [-0.1, -0.05) is 0 Å². The van der Waals surface area contributed by atoms with Gasteiger partial charge >= 0.3 is 0 Å². The zero-order valence-electron chi connectivity index (χ0n) is 10.7. The number of halogens is 3. The zero-order valence-corrected chi connectivity index (χ0v) is 11.5. The molecule has 1 fully saturated rings. The second-order valence-electron chi connectivity index (χ2n) is 4.76. The van der Waals surface area contributed by atoms with Crippen molar-refractivity contribution in [1.82, 2.24) is 4.31 Å². The molecule has 0 radical (unpaired) electrons. The molecule has 1 aliphatic heterocycles. The molecule has 1 heterocycles. The van der Waals surface area contributed by atoms with Gasteiger partial charge in [-0.3, -0.25) is 0 Å². The van der Waals surface area contributed by atoms with E-state index in [2.05, 4.69) is 0 Å². The quantitative estimate of drug-likeness (QED) is 0.860. The molecule has 1 aliphatic rings. The predicted molar refractivity (Wildman–Crippen MR) is 66.9 cm³/mol. The van der Waals surface area contributed by atoms with E-state index in [9.17, 15) is 21.6 Å². The molecule has 112 valence electrons. The van der Waals surface area contributed by atoms with E-state index in [0.29, 0.717) is 25.5 Å². The lowest BCUT2D eigenvalue weighted by atomic mass is 9.99. The van der Waals surface area contributed by atoms with Crippen molar-refractivity contribution in [3.8, 4) is 0 Å². The average molecular weight is 308 g/mol. The van der Waals surface area contributed by atoms with Crippen molar-refractivity contribution in [3.63, 3.8) is 0 Å². The fraction of sp³-hybridized carbons (Fsp3) is 0.500. The van der Waals surface area contributed by atoms with Crippen LogP contribution in [0.2, 0.25) is 0 Å². The highest BCUT2D eigenvalue weighted by molar-refractivity contribution is 7.89. The predicted octanol–water partition coefficient (Wildman–Crippen LogP) is 1.46. The third-order valence-corrected chi connectivity index (χ3v) is 5.44. The van der Waals surface area contributed by atoms with Crippen LogP contribution in [0.4, 0.5) is 13.2 Å². The molecule has 20 heavy (non-hydrogen) atoms. The molecule has 8 heteroatoms. The van der Waals surface area contributed by atoms with E-state index in [0.717, 1.165) is 10.4 Å². The highest BCUT2D eigenvalue weighted by Gasteiger charge is 2.32. The number of rotatable bonds is 3. The van der Waals surface area contributed by atoms with Crippen LogP contribution in [-0.2, 0) is 10.0 Å². The summed E-state index contributed by atoms with van der Waals surface area (Å²) in [4.78, 5) is -0.831. The van der Waals surface area contributed by atoms with Gasteiger partial charge in [0.2, 0.25) is 10.0 Å². The van der Waals surface area contributed by atoms with Gasteiger partial charge in [0.05, 0.1) is 0 Å². The van der Waals surface area contributed by atoms with Gasteiger partial charge in [-0.25, -0.2) is 21.6 Å². The second kappa shape index (κ2) is 5.71. The minimum absolute atomic E-state index is 0.197. The highest BCUT2D eigenvalue weighted by Crippen LogP contribution is 2.26. The zero-order chi connectivity index (χ0) is 14.9. The Labute approximate surface area is 115 Å². The molecular weight excluding hydrogens is 293 g/mol. The number of hydrogen-bond acceptors (Lipinski definition) is 3. The van der Waals surface area contributed by atoms with E-state index in [1.54, 1.807) is 0 Å². The molecular formula is C12H15F3N2O2S. The van der Waals surface area contributed by atoms with Crippen LogP contribution in [0.1, 0.15) is 12.8 Å². The fourth-order valence-electron chi connectivity index (χ4n) is 2.23. The average Bonchev–Trinajstić information content (AvgIpc) is 2.44. The van der Waals surface area contributed by atoms with Crippen LogP contribution in [0.5, 0.6) is 0 Å². The van der Waals surface area contributed by atoms with Crippen molar-refractivity contribution in [2.24, 2.45) is 11.7 Å². The van der Waals surface area contributed by atoms with Crippen molar-refractivity contribution in [3.05, 3.63) is 29.6 Å². The Hall–Kier alpha value is -1.12. The maximum absolute atomic E-state index is 13.6. The van der Waals surface area contributed by atoms with E-state index in [1.807, 2.05) is 0 Å². The number of benzene rings is 1. The van der Waals surface area contributed by atoms with Crippen LogP contribution < -0.4 is 5.73 Å². The molecule has 0 atom stereocenters. The SMILES string of the molecule is NCC1CCN(S(=O)(=O)c2ccc(F)c(F)c2F)CC1. The topological polar surface area (TPSA) is 63.4 Å². The third kappa shape index (κ3) is 2.68. The third-order valence-electron chi connectivity index (χ3n) is 3.52. The van der Waals surface area contributed by atoms with E-state index in [-0.39, 0.29) is 19.0 Å². The van der Waals surface area contributed by atoms with E-state index in [1.165, 1.54) is 0 Å². The van der Waals surface area contributed by atoms with Crippen molar-refractivity contribution in [2.75, 3.05) is 19.6 Å². The first-order valence-electron chi connectivity index (χ1n) is 6.21. The molecule has 2 N–H and O–H groups in total. The maximum Gasteiger partial charge on any atom is 0.246 e. The molecule has 0 saturated carbocycles. The highest BCUT2D eigenvalue weighted by atomic mass is 32.2. The molecule has 1 saturated heterocycles. The van der Waals surface area contributed by atoms with Crippen LogP contribution in [0, 0.1) is 23.4 Å². The monoisotopic (exact) mass is 308 g/mol. The Bertz CT molecular complexity index is 599. The smallest absolute Gasteiger partial charge is 0.246 e. The molecule has 0 unspecified atom stereocenters. The summed E-state index contributed by atoms with van der Waals surface area (Å²) < 4.78 is 65.2. The first-order valence-corrected chi connectivity index (χ1v) is 7.65. The summed E-state index contributed by atoms with van der Waals surface area (Å²) >= 11 is 0. The van der Waals surface area contributed by atoms with Crippen LogP contribution >= 0.6 is 0 Å².